The zero-order valence-electron chi connectivity index (χ0n) is 17.3. The van der Waals surface area contributed by atoms with Crippen molar-refractivity contribution in [1.29, 1.82) is 0 Å². The highest BCUT2D eigenvalue weighted by molar-refractivity contribution is 6.34. The smallest absolute Gasteiger partial charge is 0.404 e. The molecule has 0 aliphatic carbocycles. The Morgan fingerprint density at radius 1 is 1.24 bits per heavy atom. The van der Waals surface area contributed by atoms with Gasteiger partial charge in [-0.25, -0.2) is 9.98 Å². The van der Waals surface area contributed by atoms with Crippen molar-refractivity contribution in [3.8, 4) is 0 Å². The van der Waals surface area contributed by atoms with Crippen LogP contribution in [0.3, 0.4) is 0 Å². The highest BCUT2D eigenvalue weighted by Crippen LogP contribution is 2.30. The Balaban J connectivity index is 2.02. The molecule has 5 N–H and O–H groups in total. The highest BCUT2D eigenvalue weighted by Gasteiger charge is 2.40. The molecule has 0 fully saturated rings. The summed E-state index contributed by atoms with van der Waals surface area (Å²) in [7, 11) is 1.36. The van der Waals surface area contributed by atoms with Crippen LogP contribution < -0.4 is 21.9 Å². The van der Waals surface area contributed by atoms with E-state index in [0.717, 1.165) is 12.3 Å². The molecule has 0 saturated carbocycles. The minimum Gasteiger partial charge on any atom is -0.404 e. The van der Waals surface area contributed by atoms with Gasteiger partial charge in [0.25, 0.3) is 17.4 Å². The maximum Gasteiger partial charge on any atom is 0.434 e. The molecule has 0 atom stereocenters. The number of fused-ring (bicyclic) bond motifs is 1. The van der Waals surface area contributed by atoms with E-state index in [2.05, 4.69) is 25.6 Å². The van der Waals surface area contributed by atoms with Crippen LogP contribution in [0, 0.1) is 0 Å². The first-order valence-corrected chi connectivity index (χ1v) is 9.82. The van der Waals surface area contributed by atoms with Gasteiger partial charge in [0.15, 0.2) is 5.71 Å². The largest absolute Gasteiger partial charge is 0.434 e. The van der Waals surface area contributed by atoms with Gasteiger partial charge in [0.1, 0.15) is 5.69 Å². The van der Waals surface area contributed by atoms with Crippen LogP contribution in [-0.4, -0.2) is 40.7 Å². The van der Waals surface area contributed by atoms with Crippen LogP contribution in [0.1, 0.15) is 10.5 Å². The summed E-state index contributed by atoms with van der Waals surface area (Å²) in [5.41, 5.74) is 1.88. The molecule has 0 bridgehead atoms. The van der Waals surface area contributed by atoms with E-state index < -0.39 is 34.8 Å². The maximum absolute atomic E-state index is 13.9. The molecule has 34 heavy (non-hydrogen) atoms. The SMILES string of the molecule is CNC(=O)c1ncc(NC(=O)C(=CN)C(=Nc2cccc3c(=O)[nH]ccc23)C(F)(F)F)cc1Cl. The summed E-state index contributed by atoms with van der Waals surface area (Å²) in [6.07, 6.45) is -2.30. The van der Waals surface area contributed by atoms with E-state index in [1.807, 2.05) is 0 Å². The first-order valence-electron chi connectivity index (χ1n) is 9.44. The summed E-state index contributed by atoms with van der Waals surface area (Å²) in [5.74, 6) is -1.84. The summed E-state index contributed by atoms with van der Waals surface area (Å²) >= 11 is 5.96. The second-order valence-electron chi connectivity index (χ2n) is 6.67. The minimum atomic E-state index is -5.08. The lowest BCUT2D eigenvalue weighted by atomic mass is 10.1. The standard InChI is InChI=1S/C21H16ClF3N6O3/c1-27-20(34)16-14(22)7-10(9-29-16)30-19(33)13(8-26)17(21(23,24)25)31-15-4-2-3-12-11(15)5-6-28-18(12)32/h2-9H,26H2,1H3,(H,27,34)(H,28,32)(H,30,33). The van der Waals surface area contributed by atoms with Gasteiger partial charge in [0, 0.05) is 30.2 Å². The summed E-state index contributed by atoms with van der Waals surface area (Å²) in [6, 6.07) is 6.58. The number of carbonyl (C=O) groups is 2. The molecule has 3 aromatic rings. The Kier molecular flexibility index (Phi) is 7.01. The fourth-order valence-electron chi connectivity index (χ4n) is 2.95. The topological polar surface area (TPSA) is 142 Å². The quantitative estimate of drug-likeness (QED) is 0.320. The Morgan fingerprint density at radius 2 is 1.97 bits per heavy atom. The molecule has 2 amide bonds. The van der Waals surface area contributed by atoms with Crippen molar-refractivity contribution in [2.45, 2.75) is 6.18 Å². The summed E-state index contributed by atoms with van der Waals surface area (Å²) < 4.78 is 41.7. The Morgan fingerprint density at radius 3 is 2.59 bits per heavy atom. The number of amides is 2. The van der Waals surface area contributed by atoms with Crippen LogP contribution in [0.2, 0.25) is 5.02 Å². The zero-order chi connectivity index (χ0) is 25.0. The molecule has 176 valence electrons. The molecule has 0 spiro atoms. The summed E-state index contributed by atoms with van der Waals surface area (Å²) in [5, 5.41) is 4.64. The van der Waals surface area contributed by atoms with Gasteiger partial charge in [-0.1, -0.05) is 17.7 Å². The molecule has 3 rings (SSSR count). The predicted molar refractivity (Wildman–Crippen MR) is 121 cm³/mol. The first kappa shape index (κ1) is 24.5. The van der Waals surface area contributed by atoms with Gasteiger partial charge in [-0.15, -0.1) is 0 Å². The number of alkyl halides is 3. The van der Waals surface area contributed by atoms with Crippen molar-refractivity contribution in [1.82, 2.24) is 15.3 Å². The van der Waals surface area contributed by atoms with Gasteiger partial charge < -0.3 is 21.4 Å². The first-order chi connectivity index (χ1) is 16.1. The third-order valence-electron chi connectivity index (χ3n) is 4.50. The van der Waals surface area contributed by atoms with E-state index in [9.17, 15) is 27.6 Å². The fourth-order valence-corrected chi connectivity index (χ4v) is 3.20. The molecule has 9 nitrogen and oxygen atoms in total. The van der Waals surface area contributed by atoms with Crippen LogP contribution in [0.5, 0.6) is 0 Å². The molecule has 13 heteroatoms. The van der Waals surface area contributed by atoms with Crippen LogP contribution in [0.15, 0.2) is 64.3 Å². The van der Waals surface area contributed by atoms with Gasteiger partial charge in [-0.2, -0.15) is 13.2 Å². The number of rotatable bonds is 5. The number of pyridine rings is 2. The van der Waals surface area contributed by atoms with E-state index in [-0.39, 0.29) is 32.9 Å². The third kappa shape index (κ3) is 5.07. The molecule has 0 saturated heterocycles. The van der Waals surface area contributed by atoms with Gasteiger partial charge in [-0.05, 0) is 24.3 Å². The van der Waals surface area contributed by atoms with Crippen molar-refractivity contribution in [2.75, 3.05) is 12.4 Å². The van der Waals surface area contributed by atoms with E-state index in [4.69, 9.17) is 17.3 Å². The molecule has 0 radical (unpaired) electrons. The van der Waals surface area contributed by atoms with Crippen LogP contribution in [-0.2, 0) is 4.79 Å². The molecular weight excluding hydrogens is 477 g/mol. The number of carbonyl (C=O) groups excluding carboxylic acids is 2. The molecule has 0 aliphatic rings. The zero-order valence-corrected chi connectivity index (χ0v) is 18.1. The normalized spacial score (nSPS) is 12.5. The number of aliphatic imine (C=N–C) groups is 1. The lowest BCUT2D eigenvalue weighted by Gasteiger charge is -2.15. The molecular formula is C21H16ClF3N6O3. The second-order valence-corrected chi connectivity index (χ2v) is 7.08. The highest BCUT2D eigenvalue weighted by atomic mass is 35.5. The van der Waals surface area contributed by atoms with Gasteiger partial charge in [0.05, 0.1) is 28.2 Å². The molecule has 1 aromatic carbocycles. The van der Waals surface area contributed by atoms with E-state index in [0.29, 0.717) is 6.20 Å². The van der Waals surface area contributed by atoms with Crippen molar-refractivity contribution in [2.24, 2.45) is 10.7 Å². The van der Waals surface area contributed by atoms with Crippen LogP contribution in [0.25, 0.3) is 10.8 Å². The number of benzene rings is 1. The number of aromatic nitrogens is 2. The number of hydrogen-bond donors (Lipinski definition) is 4. The summed E-state index contributed by atoms with van der Waals surface area (Å²) in [4.78, 5) is 46.2. The lowest BCUT2D eigenvalue weighted by Crippen LogP contribution is -2.32. The Bertz CT molecular complexity index is 1400. The number of nitrogens with two attached hydrogens (primary N) is 1. The second kappa shape index (κ2) is 9.75. The molecule has 2 aromatic heterocycles. The number of aromatic amines is 1. The predicted octanol–water partition coefficient (Wildman–Crippen LogP) is 3.05. The van der Waals surface area contributed by atoms with E-state index in [1.54, 1.807) is 0 Å². The lowest BCUT2D eigenvalue weighted by molar-refractivity contribution is -0.113. The fraction of sp³-hybridized carbons (Fsp3) is 0.0952. The summed E-state index contributed by atoms with van der Waals surface area (Å²) in [6.45, 7) is 0. The van der Waals surface area contributed by atoms with E-state index >= 15 is 0 Å². The van der Waals surface area contributed by atoms with Crippen molar-refractivity contribution < 1.29 is 22.8 Å². The number of anilines is 1. The Hall–Kier alpha value is -4.19. The van der Waals surface area contributed by atoms with E-state index in [1.165, 1.54) is 37.5 Å². The molecule has 2 heterocycles. The minimum absolute atomic E-state index is 0.0831. The molecule has 0 aliphatic heterocycles. The molecule has 0 unspecified atom stereocenters. The maximum atomic E-state index is 13.9. The third-order valence-corrected chi connectivity index (χ3v) is 4.79. The number of hydrogen-bond acceptors (Lipinski definition) is 6. The van der Waals surface area contributed by atoms with Crippen molar-refractivity contribution in [3.63, 3.8) is 0 Å². The number of nitrogens with zero attached hydrogens (tertiary/aromatic N) is 2. The number of halogens is 4. The number of H-pyrrole nitrogens is 1. The van der Waals surface area contributed by atoms with Crippen LogP contribution in [0.4, 0.5) is 24.5 Å². The average Bonchev–Trinajstić information content (AvgIpc) is 2.78. The van der Waals surface area contributed by atoms with Gasteiger partial charge in [0.2, 0.25) is 0 Å². The van der Waals surface area contributed by atoms with Gasteiger partial charge >= 0.3 is 6.18 Å². The monoisotopic (exact) mass is 492 g/mol. The van der Waals surface area contributed by atoms with Crippen molar-refractivity contribution in [3.05, 3.63) is 75.6 Å². The number of nitrogens with one attached hydrogen (secondary N) is 3. The van der Waals surface area contributed by atoms with Crippen LogP contribution >= 0.6 is 11.6 Å². The van der Waals surface area contributed by atoms with Crippen molar-refractivity contribution >= 4 is 51.3 Å². The average molecular weight is 493 g/mol. The van der Waals surface area contributed by atoms with Gasteiger partial charge in [-0.3, -0.25) is 14.4 Å². The Labute approximate surface area is 194 Å².